The summed E-state index contributed by atoms with van der Waals surface area (Å²) in [6.45, 7) is 1.18. The molecule has 0 radical (unpaired) electrons. The molecule has 0 aliphatic carbocycles. The largest absolute Gasteiger partial charge is 0.508 e. The second-order valence-corrected chi connectivity index (χ2v) is 3.83. The fourth-order valence-corrected chi connectivity index (χ4v) is 1.85. The number of carbonyl (C=O) groups excluding carboxylic acids is 1. The Hall–Kier alpha value is -1.55. The lowest BCUT2D eigenvalue weighted by atomic mass is 10.1. The van der Waals surface area contributed by atoms with Gasteiger partial charge in [-0.1, -0.05) is 6.07 Å². The minimum absolute atomic E-state index is 0.0797. The molecule has 1 fully saturated rings. The van der Waals surface area contributed by atoms with Crippen LogP contribution in [0.2, 0.25) is 0 Å². The molecule has 1 saturated heterocycles. The van der Waals surface area contributed by atoms with Crippen molar-refractivity contribution in [1.29, 1.82) is 0 Å². The van der Waals surface area contributed by atoms with Gasteiger partial charge in [0.2, 0.25) is 5.91 Å². The first-order valence-electron chi connectivity index (χ1n) is 5.00. The van der Waals surface area contributed by atoms with Gasteiger partial charge in [-0.2, -0.15) is 0 Å². The van der Waals surface area contributed by atoms with Crippen LogP contribution >= 0.6 is 0 Å². The molecule has 1 amide bonds. The Labute approximate surface area is 88.3 Å². The van der Waals surface area contributed by atoms with E-state index in [9.17, 15) is 9.90 Å². The third-order valence-electron chi connectivity index (χ3n) is 2.68. The molecule has 4 nitrogen and oxygen atoms in total. The lowest BCUT2D eigenvalue weighted by molar-refractivity contribution is -0.117. The van der Waals surface area contributed by atoms with Crippen LogP contribution in [-0.4, -0.2) is 24.1 Å². The van der Waals surface area contributed by atoms with Crippen molar-refractivity contribution in [2.24, 2.45) is 11.7 Å². The molecule has 1 aromatic rings. The number of anilines is 1. The van der Waals surface area contributed by atoms with Gasteiger partial charge in [0.25, 0.3) is 0 Å². The van der Waals surface area contributed by atoms with Crippen LogP contribution in [0, 0.1) is 5.92 Å². The highest BCUT2D eigenvalue weighted by atomic mass is 16.3. The summed E-state index contributed by atoms with van der Waals surface area (Å²) < 4.78 is 0. The van der Waals surface area contributed by atoms with Crippen molar-refractivity contribution >= 4 is 11.6 Å². The molecule has 80 valence electrons. The highest BCUT2D eigenvalue weighted by Crippen LogP contribution is 2.26. The minimum atomic E-state index is 0.0797. The first kappa shape index (κ1) is 9.98. The summed E-state index contributed by atoms with van der Waals surface area (Å²) >= 11 is 0. The number of carbonyl (C=O) groups is 1. The molecule has 0 spiro atoms. The summed E-state index contributed by atoms with van der Waals surface area (Å²) in [7, 11) is 0. The van der Waals surface area contributed by atoms with Gasteiger partial charge in [-0.3, -0.25) is 4.79 Å². The summed E-state index contributed by atoms with van der Waals surface area (Å²) in [5.74, 6) is 0.493. The fraction of sp³-hybridized carbons (Fsp3) is 0.364. The lowest BCUT2D eigenvalue weighted by Gasteiger charge is -2.16. The molecule has 1 unspecified atom stereocenters. The SMILES string of the molecule is NCC1CC(=O)N(c2cccc(O)c2)C1. The van der Waals surface area contributed by atoms with Crippen LogP contribution in [0.1, 0.15) is 6.42 Å². The molecule has 3 N–H and O–H groups in total. The average molecular weight is 206 g/mol. The van der Waals surface area contributed by atoms with Crippen molar-refractivity contribution in [2.45, 2.75) is 6.42 Å². The standard InChI is InChI=1S/C11H14N2O2/c12-6-8-4-11(15)13(7-8)9-2-1-3-10(14)5-9/h1-3,5,8,14H,4,6-7,12H2. The molecule has 2 rings (SSSR count). The van der Waals surface area contributed by atoms with Crippen molar-refractivity contribution in [2.75, 3.05) is 18.0 Å². The summed E-state index contributed by atoms with van der Waals surface area (Å²) in [5.41, 5.74) is 6.28. The maximum Gasteiger partial charge on any atom is 0.227 e. The monoisotopic (exact) mass is 206 g/mol. The number of rotatable bonds is 2. The van der Waals surface area contributed by atoms with E-state index < -0.39 is 0 Å². The van der Waals surface area contributed by atoms with Gasteiger partial charge >= 0.3 is 0 Å². The first-order chi connectivity index (χ1) is 7.20. The zero-order valence-electron chi connectivity index (χ0n) is 8.39. The van der Waals surface area contributed by atoms with E-state index in [1.807, 2.05) is 6.07 Å². The molecule has 1 atom stereocenters. The molecule has 4 heteroatoms. The Morgan fingerprint density at radius 1 is 1.53 bits per heavy atom. The molecule has 1 aliphatic rings. The molecular formula is C11H14N2O2. The average Bonchev–Trinajstić information content (AvgIpc) is 2.60. The summed E-state index contributed by atoms with van der Waals surface area (Å²) in [5, 5.41) is 9.32. The number of hydrogen-bond acceptors (Lipinski definition) is 3. The number of hydrogen-bond donors (Lipinski definition) is 2. The molecule has 1 heterocycles. The number of phenols is 1. The normalized spacial score (nSPS) is 21.0. The smallest absolute Gasteiger partial charge is 0.227 e. The number of benzene rings is 1. The zero-order chi connectivity index (χ0) is 10.8. The van der Waals surface area contributed by atoms with Crippen LogP contribution in [0.15, 0.2) is 24.3 Å². The molecule has 1 aliphatic heterocycles. The van der Waals surface area contributed by atoms with Crippen LogP contribution in [0.5, 0.6) is 5.75 Å². The van der Waals surface area contributed by atoms with Gasteiger partial charge in [-0.05, 0) is 24.6 Å². The molecule has 0 aromatic heterocycles. The lowest BCUT2D eigenvalue weighted by Crippen LogP contribution is -2.25. The van der Waals surface area contributed by atoms with Crippen LogP contribution in [0.3, 0.4) is 0 Å². The van der Waals surface area contributed by atoms with Gasteiger partial charge in [-0.25, -0.2) is 0 Å². The Morgan fingerprint density at radius 2 is 2.33 bits per heavy atom. The molecule has 1 aromatic carbocycles. The Balaban J connectivity index is 2.21. The minimum Gasteiger partial charge on any atom is -0.508 e. The van der Waals surface area contributed by atoms with E-state index in [0.29, 0.717) is 19.5 Å². The third kappa shape index (κ3) is 1.94. The van der Waals surface area contributed by atoms with Crippen molar-refractivity contribution in [3.8, 4) is 5.75 Å². The second kappa shape index (κ2) is 3.90. The van der Waals surface area contributed by atoms with E-state index >= 15 is 0 Å². The van der Waals surface area contributed by atoms with E-state index in [2.05, 4.69) is 0 Å². The van der Waals surface area contributed by atoms with Crippen molar-refractivity contribution in [3.05, 3.63) is 24.3 Å². The van der Waals surface area contributed by atoms with E-state index in [0.717, 1.165) is 5.69 Å². The summed E-state index contributed by atoms with van der Waals surface area (Å²) in [4.78, 5) is 13.3. The van der Waals surface area contributed by atoms with E-state index in [4.69, 9.17) is 5.73 Å². The third-order valence-corrected chi connectivity index (χ3v) is 2.68. The Morgan fingerprint density at radius 3 is 2.93 bits per heavy atom. The zero-order valence-corrected chi connectivity index (χ0v) is 8.39. The van der Waals surface area contributed by atoms with Gasteiger partial charge in [0.15, 0.2) is 0 Å². The van der Waals surface area contributed by atoms with Gasteiger partial charge in [-0.15, -0.1) is 0 Å². The number of amides is 1. The quantitative estimate of drug-likeness (QED) is 0.748. The van der Waals surface area contributed by atoms with Crippen molar-refractivity contribution < 1.29 is 9.90 Å². The Kier molecular flexibility index (Phi) is 2.60. The number of nitrogens with two attached hydrogens (primary N) is 1. The van der Waals surface area contributed by atoms with Crippen LogP contribution < -0.4 is 10.6 Å². The van der Waals surface area contributed by atoms with E-state index in [-0.39, 0.29) is 17.6 Å². The van der Waals surface area contributed by atoms with Crippen molar-refractivity contribution in [3.63, 3.8) is 0 Å². The number of nitrogens with zero attached hydrogens (tertiary/aromatic N) is 1. The van der Waals surface area contributed by atoms with Crippen LogP contribution in [0.25, 0.3) is 0 Å². The molecule has 0 saturated carbocycles. The van der Waals surface area contributed by atoms with E-state index in [1.54, 1.807) is 23.1 Å². The van der Waals surface area contributed by atoms with Crippen LogP contribution in [-0.2, 0) is 4.79 Å². The molecular weight excluding hydrogens is 192 g/mol. The number of phenolic OH excluding ortho intramolecular Hbond substituents is 1. The predicted molar refractivity (Wildman–Crippen MR) is 57.6 cm³/mol. The van der Waals surface area contributed by atoms with Crippen molar-refractivity contribution in [1.82, 2.24) is 0 Å². The van der Waals surface area contributed by atoms with Gasteiger partial charge < -0.3 is 15.7 Å². The highest BCUT2D eigenvalue weighted by molar-refractivity contribution is 5.95. The predicted octanol–water partition coefficient (Wildman–Crippen LogP) is 0.704. The highest BCUT2D eigenvalue weighted by Gasteiger charge is 2.29. The molecule has 0 bridgehead atoms. The van der Waals surface area contributed by atoms with Gasteiger partial charge in [0.1, 0.15) is 5.75 Å². The maximum atomic E-state index is 11.6. The fourth-order valence-electron chi connectivity index (χ4n) is 1.85. The van der Waals surface area contributed by atoms with E-state index in [1.165, 1.54) is 0 Å². The summed E-state index contributed by atoms with van der Waals surface area (Å²) in [6, 6.07) is 6.73. The Bertz CT molecular complexity index is 379. The summed E-state index contributed by atoms with van der Waals surface area (Å²) in [6.07, 6.45) is 0.506. The van der Waals surface area contributed by atoms with Gasteiger partial charge in [0, 0.05) is 24.7 Å². The second-order valence-electron chi connectivity index (χ2n) is 3.83. The van der Waals surface area contributed by atoms with Gasteiger partial charge in [0.05, 0.1) is 0 Å². The topological polar surface area (TPSA) is 66.6 Å². The van der Waals surface area contributed by atoms with Crippen LogP contribution in [0.4, 0.5) is 5.69 Å². The first-order valence-corrected chi connectivity index (χ1v) is 5.00. The number of aromatic hydroxyl groups is 1. The molecule has 15 heavy (non-hydrogen) atoms. The maximum absolute atomic E-state index is 11.6.